The average molecular weight is 343 g/mol. The molecule has 0 saturated carbocycles. The fourth-order valence-electron chi connectivity index (χ4n) is 2.60. The monoisotopic (exact) mass is 343 g/mol. The number of H-pyrrole nitrogens is 1. The number of allylic oxidation sites excluding steroid dienone is 1. The number of aryl methyl sites for hydroxylation is 1. The average Bonchev–Trinajstić information content (AvgIpc) is 3.07. The molecule has 9 heteroatoms. The van der Waals surface area contributed by atoms with Gasteiger partial charge in [0.15, 0.2) is 11.5 Å². The lowest BCUT2D eigenvalue weighted by Gasteiger charge is -2.15. The third-order valence-electron chi connectivity index (χ3n) is 3.74. The summed E-state index contributed by atoms with van der Waals surface area (Å²) in [7, 11) is 1.53. The number of carbonyl (C=O) groups excluding carboxylic acids is 1. The van der Waals surface area contributed by atoms with Gasteiger partial charge in [-0.2, -0.15) is 5.10 Å². The van der Waals surface area contributed by atoms with E-state index in [1.807, 2.05) is 6.08 Å². The first-order valence-electron chi connectivity index (χ1n) is 8.18. The summed E-state index contributed by atoms with van der Waals surface area (Å²) in [5.74, 6) is 0.683. The summed E-state index contributed by atoms with van der Waals surface area (Å²) in [6, 6.07) is 3.47. The highest BCUT2D eigenvalue weighted by Crippen LogP contribution is 2.26. The quantitative estimate of drug-likeness (QED) is 0.565. The van der Waals surface area contributed by atoms with Gasteiger partial charge in [-0.05, 0) is 31.4 Å². The minimum absolute atomic E-state index is 0.292. The molecule has 0 spiro atoms. The number of hydroxylamine groups is 1. The van der Waals surface area contributed by atoms with E-state index in [-0.39, 0.29) is 5.91 Å². The topological polar surface area (TPSA) is 117 Å². The van der Waals surface area contributed by atoms with Gasteiger partial charge < -0.3 is 10.6 Å². The van der Waals surface area contributed by atoms with Crippen molar-refractivity contribution in [1.82, 2.24) is 25.9 Å². The highest BCUT2D eigenvalue weighted by atomic mass is 16.6. The van der Waals surface area contributed by atoms with Crippen LogP contribution in [0.3, 0.4) is 0 Å². The van der Waals surface area contributed by atoms with Crippen molar-refractivity contribution in [2.45, 2.75) is 26.2 Å². The molecule has 25 heavy (non-hydrogen) atoms. The summed E-state index contributed by atoms with van der Waals surface area (Å²) >= 11 is 0. The van der Waals surface area contributed by atoms with Gasteiger partial charge in [0, 0.05) is 12.2 Å². The second kappa shape index (κ2) is 7.75. The maximum atomic E-state index is 12.6. The Morgan fingerprint density at radius 2 is 2.12 bits per heavy atom. The van der Waals surface area contributed by atoms with E-state index in [1.165, 1.54) is 7.11 Å². The SMILES string of the molecule is CCCNc1ccc(NC(=O)c2n[nH]c3c2C(NOC)=CCC3)nn1. The van der Waals surface area contributed by atoms with E-state index >= 15 is 0 Å². The molecule has 0 aromatic carbocycles. The van der Waals surface area contributed by atoms with Crippen molar-refractivity contribution in [3.05, 3.63) is 35.2 Å². The highest BCUT2D eigenvalue weighted by Gasteiger charge is 2.25. The maximum absolute atomic E-state index is 12.6. The fraction of sp³-hybridized carbons (Fsp3) is 0.375. The molecule has 0 aliphatic heterocycles. The number of anilines is 2. The van der Waals surface area contributed by atoms with Crippen LogP contribution in [0.15, 0.2) is 18.2 Å². The second-order valence-corrected chi connectivity index (χ2v) is 5.57. The summed E-state index contributed by atoms with van der Waals surface area (Å²) in [4.78, 5) is 17.6. The Hall–Kier alpha value is -2.94. The summed E-state index contributed by atoms with van der Waals surface area (Å²) in [6.45, 7) is 2.89. The first-order chi connectivity index (χ1) is 12.2. The number of aromatic amines is 1. The summed E-state index contributed by atoms with van der Waals surface area (Å²) in [5, 5.41) is 21.0. The molecular formula is C16H21N7O2. The van der Waals surface area contributed by atoms with Gasteiger partial charge in [0.05, 0.1) is 18.4 Å². The van der Waals surface area contributed by atoms with E-state index in [1.54, 1.807) is 12.1 Å². The Bertz CT molecular complexity index is 767. The van der Waals surface area contributed by atoms with Crippen LogP contribution in [0.25, 0.3) is 5.70 Å². The zero-order chi connectivity index (χ0) is 17.6. The highest BCUT2D eigenvalue weighted by molar-refractivity contribution is 6.05. The molecule has 0 unspecified atom stereocenters. The van der Waals surface area contributed by atoms with Crippen LogP contribution in [0, 0.1) is 0 Å². The molecule has 0 radical (unpaired) electrons. The molecule has 2 aromatic heterocycles. The van der Waals surface area contributed by atoms with E-state index in [2.05, 4.69) is 43.4 Å². The lowest BCUT2D eigenvalue weighted by molar-refractivity contribution is 0.102. The van der Waals surface area contributed by atoms with Crippen LogP contribution in [0.5, 0.6) is 0 Å². The molecule has 1 amide bonds. The van der Waals surface area contributed by atoms with Crippen LogP contribution in [0.2, 0.25) is 0 Å². The normalized spacial score (nSPS) is 13.0. The van der Waals surface area contributed by atoms with Crippen molar-refractivity contribution in [1.29, 1.82) is 0 Å². The maximum Gasteiger partial charge on any atom is 0.278 e. The third-order valence-corrected chi connectivity index (χ3v) is 3.74. The van der Waals surface area contributed by atoms with Crippen molar-refractivity contribution >= 4 is 23.2 Å². The number of nitrogens with one attached hydrogen (secondary N) is 4. The molecule has 0 fully saturated rings. The van der Waals surface area contributed by atoms with Gasteiger partial charge >= 0.3 is 0 Å². The fourth-order valence-corrected chi connectivity index (χ4v) is 2.60. The zero-order valence-electron chi connectivity index (χ0n) is 14.2. The Labute approximate surface area is 145 Å². The molecular weight excluding hydrogens is 322 g/mol. The van der Waals surface area contributed by atoms with Gasteiger partial charge in [-0.25, -0.2) is 0 Å². The van der Waals surface area contributed by atoms with E-state index in [4.69, 9.17) is 4.84 Å². The molecule has 132 valence electrons. The van der Waals surface area contributed by atoms with Gasteiger partial charge in [-0.1, -0.05) is 13.0 Å². The second-order valence-electron chi connectivity index (χ2n) is 5.57. The molecule has 0 atom stereocenters. The van der Waals surface area contributed by atoms with Crippen LogP contribution in [0.4, 0.5) is 11.6 Å². The van der Waals surface area contributed by atoms with Crippen molar-refractivity contribution in [2.24, 2.45) is 0 Å². The molecule has 4 N–H and O–H groups in total. The van der Waals surface area contributed by atoms with Crippen LogP contribution < -0.4 is 16.1 Å². The third kappa shape index (κ3) is 3.77. The molecule has 0 bridgehead atoms. The minimum Gasteiger partial charge on any atom is -0.369 e. The lowest BCUT2D eigenvalue weighted by atomic mass is 9.99. The van der Waals surface area contributed by atoms with Crippen molar-refractivity contribution < 1.29 is 9.63 Å². The summed E-state index contributed by atoms with van der Waals surface area (Å²) in [6.07, 6.45) is 4.61. The van der Waals surface area contributed by atoms with Gasteiger partial charge in [0.25, 0.3) is 5.91 Å². The molecule has 0 saturated heterocycles. The predicted molar refractivity (Wildman–Crippen MR) is 93.8 cm³/mol. The van der Waals surface area contributed by atoms with E-state index in [9.17, 15) is 4.79 Å². The van der Waals surface area contributed by atoms with E-state index in [0.29, 0.717) is 17.3 Å². The van der Waals surface area contributed by atoms with Crippen LogP contribution in [0.1, 0.15) is 41.5 Å². The number of aromatic nitrogens is 4. The van der Waals surface area contributed by atoms with Crippen LogP contribution in [-0.2, 0) is 11.3 Å². The Kier molecular flexibility index (Phi) is 5.24. The molecule has 2 heterocycles. The predicted octanol–water partition coefficient (Wildman–Crippen LogP) is 1.71. The smallest absolute Gasteiger partial charge is 0.278 e. The molecule has 1 aliphatic carbocycles. The standard InChI is InChI=1S/C16H21N7O2/c1-3-9-17-12-7-8-13(21-20-12)18-16(24)15-14-10(19-22-15)5-4-6-11(14)23-25-2/h6-8,23H,3-5,9H2,1-2H3,(H,17,20)(H,19,22)(H,18,21,24). The summed E-state index contributed by atoms with van der Waals surface area (Å²) in [5.41, 5.74) is 5.44. The lowest BCUT2D eigenvalue weighted by Crippen LogP contribution is -2.20. The number of hydrogen-bond donors (Lipinski definition) is 4. The Morgan fingerprint density at radius 1 is 1.32 bits per heavy atom. The van der Waals surface area contributed by atoms with Crippen LogP contribution >= 0.6 is 0 Å². The number of rotatable bonds is 7. The number of nitrogens with zero attached hydrogens (tertiary/aromatic N) is 3. The first-order valence-corrected chi connectivity index (χ1v) is 8.18. The van der Waals surface area contributed by atoms with E-state index < -0.39 is 0 Å². The zero-order valence-corrected chi connectivity index (χ0v) is 14.2. The van der Waals surface area contributed by atoms with Crippen molar-refractivity contribution in [3.8, 4) is 0 Å². The molecule has 1 aliphatic rings. The molecule has 2 aromatic rings. The van der Waals surface area contributed by atoms with Crippen molar-refractivity contribution in [3.63, 3.8) is 0 Å². The van der Waals surface area contributed by atoms with Crippen LogP contribution in [-0.4, -0.2) is 40.0 Å². The van der Waals surface area contributed by atoms with Gasteiger partial charge in [0.1, 0.15) is 5.82 Å². The van der Waals surface area contributed by atoms with Gasteiger partial charge in [0.2, 0.25) is 0 Å². The number of fused-ring (bicyclic) bond motifs is 1. The van der Waals surface area contributed by atoms with Crippen molar-refractivity contribution in [2.75, 3.05) is 24.3 Å². The van der Waals surface area contributed by atoms with E-state index in [0.717, 1.165) is 42.8 Å². The molecule has 3 rings (SSSR count). The van der Waals surface area contributed by atoms with Gasteiger partial charge in [-0.3, -0.25) is 20.2 Å². The Morgan fingerprint density at radius 3 is 2.84 bits per heavy atom. The number of amides is 1. The minimum atomic E-state index is -0.355. The van der Waals surface area contributed by atoms with Gasteiger partial charge in [-0.15, -0.1) is 10.2 Å². The number of hydrogen-bond acceptors (Lipinski definition) is 7. The summed E-state index contributed by atoms with van der Waals surface area (Å²) < 4.78 is 0. The first kappa shape index (κ1) is 16.9. The largest absolute Gasteiger partial charge is 0.369 e. The number of carbonyl (C=O) groups is 1. The molecule has 9 nitrogen and oxygen atoms in total. The Balaban J connectivity index is 1.74.